The fourth-order valence-corrected chi connectivity index (χ4v) is 3.45. The van der Waals surface area contributed by atoms with Crippen LogP contribution in [0.4, 0.5) is 0 Å². The van der Waals surface area contributed by atoms with Gasteiger partial charge in [0.2, 0.25) is 5.62 Å². The lowest BCUT2D eigenvalue weighted by molar-refractivity contribution is 0.0971. The molecule has 1 heterocycles. The number of hydrogen-bond acceptors (Lipinski definition) is 3. The molecule has 5 nitrogen and oxygen atoms in total. The Bertz CT molecular complexity index is 987. The highest BCUT2D eigenvalue weighted by Crippen LogP contribution is 2.20. The van der Waals surface area contributed by atoms with E-state index in [2.05, 4.69) is 28.9 Å². The second-order valence-corrected chi connectivity index (χ2v) is 7.04. The number of carbonyl (C=O) groups excluding carboxylic acids is 1. The number of carbonyl (C=O) groups is 1. The molecule has 0 spiro atoms. The Kier molecular flexibility index (Phi) is 5.74. The van der Waals surface area contributed by atoms with Crippen molar-refractivity contribution in [2.45, 2.75) is 26.4 Å². The van der Waals surface area contributed by atoms with Gasteiger partial charge >= 0.3 is 0 Å². The summed E-state index contributed by atoms with van der Waals surface area (Å²) in [6.45, 7) is 3.35. The third-order valence-corrected chi connectivity index (χ3v) is 5.07. The molecule has 0 aliphatic carbocycles. The molecule has 0 saturated carbocycles. The van der Waals surface area contributed by atoms with Crippen LogP contribution in [0, 0.1) is 5.41 Å². The molecule has 3 aromatic rings. The first-order valence-corrected chi connectivity index (χ1v) is 9.39. The number of ether oxygens (including phenoxy) is 1. The van der Waals surface area contributed by atoms with Crippen LogP contribution in [0.15, 0.2) is 46.9 Å². The minimum absolute atomic E-state index is 0.0105. The fourth-order valence-electron chi connectivity index (χ4n) is 3.19. The Morgan fingerprint density at radius 2 is 1.88 bits per heavy atom. The molecule has 0 atom stereocenters. The lowest BCUT2D eigenvalue weighted by Gasteiger charge is -2.06. The molecule has 0 amide bonds. The Morgan fingerprint density at radius 1 is 1.15 bits per heavy atom. The number of halogens is 1. The average Bonchev–Trinajstić information content (AvgIpc) is 2.92. The molecule has 0 bridgehead atoms. The maximum absolute atomic E-state index is 12.7. The molecule has 0 unspecified atom stereocenters. The number of ketones is 1. The van der Waals surface area contributed by atoms with E-state index in [-0.39, 0.29) is 12.3 Å². The number of nitrogens with zero attached hydrogens (tertiary/aromatic N) is 2. The van der Waals surface area contributed by atoms with E-state index in [1.807, 2.05) is 28.8 Å². The monoisotopic (exact) mass is 415 g/mol. The summed E-state index contributed by atoms with van der Waals surface area (Å²) >= 11 is 3.39. The van der Waals surface area contributed by atoms with E-state index in [4.69, 9.17) is 10.1 Å². The molecule has 1 N–H and O–H groups in total. The van der Waals surface area contributed by atoms with Gasteiger partial charge in [-0.15, -0.1) is 0 Å². The van der Waals surface area contributed by atoms with Crippen molar-refractivity contribution in [2.24, 2.45) is 0 Å². The lowest BCUT2D eigenvalue weighted by Crippen LogP contribution is -2.28. The molecule has 0 aliphatic heterocycles. The zero-order chi connectivity index (χ0) is 18.7. The molecule has 26 heavy (non-hydrogen) atoms. The van der Waals surface area contributed by atoms with Crippen LogP contribution >= 0.6 is 15.9 Å². The van der Waals surface area contributed by atoms with E-state index in [1.165, 1.54) is 5.56 Å². The van der Waals surface area contributed by atoms with E-state index in [0.29, 0.717) is 24.3 Å². The molecular formula is C20H22BrN3O2. The maximum atomic E-state index is 12.7. The molecule has 0 fully saturated rings. The minimum Gasteiger partial charge on any atom is -0.383 e. The first kappa shape index (κ1) is 18.6. The number of Topliss-reactive ketones (excluding diaryl/α,β-unsaturated/α-hetero) is 1. The van der Waals surface area contributed by atoms with Crippen molar-refractivity contribution in [1.29, 1.82) is 5.41 Å². The molecule has 3 rings (SSSR count). The van der Waals surface area contributed by atoms with Crippen LogP contribution in [0.3, 0.4) is 0 Å². The molecule has 136 valence electrons. The minimum atomic E-state index is -0.0105. The van der Waals surface area contributed by atoms with E-state index in [9.17, 15) is 4.79 Å². The number of fused-ring (bicyclic) bond motifs is 1. The molecule has 1 aromatic heterocycles. The number of aromatic nitrogens is 2. The molecular weight excluding hydrogens is 394 g/mol. The molecule has 0 radical (unpaired) electrons. The van der Waals surface area contributed by atoms with E-state index in [1.54, 1.807) is 23.8 Å². The highest BCUT2D eigenvalue weighted by atomic mass is 79.9. The zero-order valence-electron chi connectivity index (χ0n) is 15.0. The van der Waals surface area contributed by atoms with Crippen LogP contribution in [0.2, 0.25) is 0 Å². The highest BCUT2D eigenvalue weighted by Gasteiger charge is 2.16. The zero-order valence-corrected chi connectivity index (χ0v) is 16.5. The summed E-state index contributed by atoms with van der Waals surface area (Å²) in [6, 6.07) is 13.4. The SMILES string of the molecule is CCc1cccc2c1n(CCOC)c(=N)n2CC(=O)c1ccc(Br)cc1. The second-order valence-electron chi connectivity index (χ2n) is 6.12. The van der Waals surface area contributed by atoms with Gasteiger partial charge in [0, 0.05) is 23.7 Å². The summed E-state index contributed by atoms with van der Waals surface area (Å²) in [5.74, 6) is -0.0105. The summed E-state index contributed by atoms with van der Waals surface area (Å²) in [5.41, 5.74) is 4.06. The summed E-state index contributed by atoms with van der Waals surface area (Å²) in [4.78, 5) is 12.7. The number of nitrogens with one attached hydrogen (secondary N) is 1. The molecule has 6 heteroatoms. The van der Waals surface area contributed by atoms with Crippen LogP contribution in [0.5, 0.6) is 0 Å². The number of aryl methyl sites for hydroxylation is 1. The van der Waals surface area contributed by atoms with Gasteiger partial charge in [-0.05, 0) is 30.2 Å². The van der Waals surface area contributed by atoms with Crippen LogP contribution in [0.25, 0.3) is 11.0 Å². The Morgan fingerprint density at radius 3 is 2.54 bits per heavy atom. The standard InChI is InChI=1S/C20H22BrN3O2/c1-3-14-5-4-6-17-19(14)23(11-12-26-2)20(22)24(17)13-18(25)15-7-9-16(21)10-8-15/h4-10,22H,3,11-13H2,1-2H3. The first-order valence-electron chi connectivity index (χ1n) is 8.60. The number of rotatable bonds is 7. The molecule has 2 aromatic carbocycles. The van der Waals surface area contributed by atoms with E-state index < -0.39 is 0 Å². The molecule has 0 aliphatic rings. The van der Waals surface area contributed by atoms with Gasteiger partial charge in [-0.2, -0.15) is 0 Å². The highest BCUT2D eigenvalue weighted by molar-refractivity contribution is 9.10. The number of benzene rings is 2. The van der Waals surface area contributed by atoms with Gasteiger partial charge in [-0.3, -0.25) is 10.2 Å². The average molecular weight is 416 g/mol. The van der Waals surface area contributed by atoms with Crippen LogP contribution in [-0.4, -0.2) is 28.6 Å². The van der Waals surface area contributed by atoms with Crippen molar-refractivity contribution in [3.8, 4) is 0 Å². The van der Waals surface area contributed by atoms with Gasteiger partial charge in [0.15, 0.2) is 5.78 Å². The van der Waals surface area contributed by atoms with Crippen molar-refractivity contribution >= 4 is 32.7 Å². The first-order chi connectivity index (χ1) is 12.6. The van der Waals surface area contributed by atoms with Gasteiger partial charge < -0.3 is 13.9 Å². The Balaban J connectivity index is 2.08. The third-order valence-electron chi connectivity index (χ3n) is 4.54. The van der Waals surface area contributed by atoms with E-state index >= 15 is 0 Å². The van der Waals surface area contributed by atoms with Crippen molar-refractivity contribution < 1.29 is 9.53 Å². The topological polar surface area (TPSA) is 60.0 Å². The lowest BCUT2D eigenvalue weighted by atomic mass is 10.1. The van der Waals surface area contributed by atoms with Crippen molar-refractivity contribution in [3.63, 3.8) is 0 Å². The maximum Gasteiger partial charge on any atom is 0.203 e. The predicted molar refractivity (Wildman–Crippen MR) is 106 cm³/mol. The van der Waals surface area contributed by atoms with Crippen LogP contribution in [-0.2, 0) is 24.2 Å². The third kappa shape index (κ3) is 3.52. The van der Waals surface area contributed by atoms with E-state index in [0.717, 1.165) is 21.9 Å². The summed E-state index contributed by atoms with van der Waals surface area (Å²) in [6.07, 6.45) is 0.869. The number of para-hydroxylation sites is 1. The fraction of sp³-hybridized carbons (Fsp3) is 0.300. The van der Waals surface area contributed by atoms with Crippen LogP contribution in [0.1, 0.15) is 22.8 Å². The number of hydrogen-bond donors (Lipinski definition) is 1. The van der Waals surface area contributed by atoms with Crippen LogP contribution < -0.4 is 5.62 Å². The van der Waals surface area contributed by atoms with Gasteiger partial charge in [0.25, 0.3) is 0 Å². The smallest absolute Gasteiger partial charge is 0.203 e. The second kappa shape index (κ2) is 8.01. The van der Waals surface area contributed by atoms with Gasteiger partial charge in [-0.25, -0.2) is 0 Å². The number of imidazole rings is 1. The van der Waals surface area contributed by atoms with Gasteiger partial charge in [0.05, 0.1) is 24.2 Å². The largest absolute Gasteiger partial charge is 0.383 e. The summed E-state index contributed by atoms with van der Waals surface area (Å²) in [5, 5.41) is 8.63. The van der Waals surface area contributed by atoms with Gasteiger partial charge in [0.1, 0.15) is 0 Å². The van der Waals surface area contributed by atoms with Crippen molar-refractivity contribution in [3.05, 3.63) is 63.7 Å². The van der Waals surface area contributed by atoms with Crippen molar-refractivity contribution in [2.75, 3.05) is 13.7 Å². The molecule has 0 saturated heterocycles. The van der Waals surface area contributed by atoms with Crippen molar-refractivity contribution in [1.82, 2.24) is 9.13 Å². The summed E-state index contributed by atoms with van der Waals surface area (Å²) in [7, 11) is 1.65. The van der Waals surface area contributed by atoms with Gasteiger partial charge in [-0.1, -0.05) is 47.1 Å². The Hall–Kier alpha value is -2.18. The normalized spacial score (nSPS) is 11.2. The quantitative estimate of drug-likeness (QED) is 0.596. The Labute approximate surface area is 160 Å². The predicted octanol–water partition coefficient (Wildman–Crippen LogP) is 3.78. The summed E-state index contributed by atoms with van der Waals surface area (Å²) < 4.78 is 9.87. The number of methoxy groups -OCH3 is 1.